The average molecular weight is 572 g/mol. The fourth-order valence-corrected chi connectivity index (χ4v) is 5.52. The lowest BCUT2D eigenvalue weighted by Gasteiger charge is -2.39. The number of rotatable bonds is 10. The Morgan fingerprint density at radius 1 is 1.08 bits per heavy atom. The molecular weight excluding hydrogens is 531 g/mol. The predicted octanol–water partition coefficient (Wildman–Crippen LogP) is 8.18. The molecule has 0 radical (unpaired) electrons. The van der Waals surface area contributed by atoms with Gasteiger partial charge >= 0.3 is 12.3 Å². The maximum atomic E-state index is 13.9. The van der Waals surface area contributed by atoms with E-state index >= 15 is 0 Å². The topological polar surface area (TPSA) is 73.8 Å². The van der Waals surface area contributed by atoms with Crippen LogP contribution < -0.4 is 4.74 Å². The summed E-state index contributed by atoms with van der Waals surface area (Å²) < 4.78 is 58.9. The van der Waals surface area contributed by atoms with Gasteiger partial charge in [0, 0.05) is 5.56 Å². The number of amides is 1. The van der Waals surface area contributed by atoms with Gasteiger partial charge in [-0.1, -0.05) is 50.4 Å². The monoisotopic (exact) mass is 571 g/mol. The fourth-order valence-electron chi connectivity index (χ4n) is 4.56. The number of unbranched alkanes of at least 4 members (excludes halogenated alkanes) is 5. The van der Waals surface area contributed by atoms with Crippen LogP contribution in [0.2, 0.25) is 0 Å². The molecule has 1 aliphatic rings. The minimum Gasteiger partial charge on any atom is -0.493 e. The van der Waals surface area contributed by atoms with E-state index in [1.165, 1.54) is 11.0 Å². The molecule has 7 nitrogen and oxygen atoms in total. The van der Waals surface area contributed by atoms with Gasteiger partial charge < -0.3 is 14.2 Å². The highest BCUT2D eigenvalue weighted by Gasteiger charge is 2.55. The predicted molar refractivity (Wildman–Crippen MR) is 145 cm³/mol. The van der Waals surface area contributed by atoms with E-state index in [4.69, 9.17) is 14.2 Å². The van der Waals surface area contributed by atoms with Crippen LogP contribution in [0.4, 0.5) is 18.0 Å². The molecule has 0 bridgehead atoms. The second kappa shape index (κ2) is 12.0. The second-order valence-electron chi connectivity index (χ2n) is 11.6. The first kappa shape index (κ1) is 31.1. The van der Waals surface area contributed by atoms with Crippen molar-refractivity contribution < 1.29 is 32.2 Å². The van der Waals surface area contributed by atoms with Gasteiger partial charge in [-0.2, -0.15) is 13.2 Å². The Morgan fingerprint density at radius 2 is 1.74 bits per heavy atom. The smallest absolute Gasteiger partial charge is 0.419 e. The summed E-state index contributed by atoms with van der Waals surface area (Å²) in [7, 11) is 0. The van der Waals surface area contributed by atoms with Gasteiger partial charge in [0.2, 0.25) is 0 Å². The van der Waals surface area contributed by atoms with Crippen molar-refractivity contribution in [1.82, 2.24) is 15.1 Å². The molecule has 11 heteroatoms. The zero-order valence-electron chi connectivity index (χ0n) is 23.9. The average Bonchev–Trinajstić information content (AvgIpc) is 3.40. The van der Waals surface area contributed by atoms with E-state index in [1.54, 1.807) is 47.6 Å². The van der Waals surface area contributed by atoms with Crippen molar-refractivity contribution in [3.05, 3.63) is 28.8 Å². The zero-order valence-corrected chi connectivity index (χ0v) is 24.7. The summed E-state index contributed by atoms with van der Waals surface area (Å²) in [6.07, 6.45) is 0.936. The van der Waals surface area contributed by atoms with Crippen LogP contribution in [-0.2, 0) is 21.2 Å². The van der Waals surface area contributed by atoms with E-state index in [9.17, 15) is 18.0 Å². The molecular formula is C28H40F3N3O4S. The highest BCUT2D eigenvalue weighted by molar-refractivity contribution is 7.14. The summed E-state index contributed by atoms with van der Waals surface area (Å²) in [5.41, 5.74) is -3.32. The third-order valence-corrected chi connectivity index (χ3v) is 7.71. The quantitative estimate of drug-likeness (QED) is 0.268. The first-order valence-electron chi connectivity index (χ1n) is 13.4. The first-order valence-corrected chi connectivity index (χ1v) is 14.3. The standard InChI is InChI=1S/C28H40F3N3O4S/c1-8-9-10-11-12-13-16-36-21-15-14-19(17-20(21)28(29,30)31)22-32-33-23(39-22)27(7)18-37-26(5,6)34(27)24(35)38-25(2,3)4/h14-15,17H,8-13,16,18H2,1-7H3/t27-/m1/s1. The van der Waals surface area contributed by atoms with Crippen molar-refractivity contribution in [2.45, 2.75) is 110 Å². The van der Waals surface area contributed by atoms with Gasteiger partial charge in [-0.15, -0.1) is 10.2 Å². The number of carbonyl (C=O) groups is 1. The van der Waals surface area contributed by atoms with Crippen molar-refractivity contribution in [3.8, 4) is 16.3 Å². The molecule has 2 aromatic rings. The number of ether oxygens (including phenoxy) is 3. The molecule has 1 aliphatic heterocycles. The molecule has 218 valence electrons. The van der Waals surface area contributed by atoms with Crippen molar-refractivity contribution in [3.63, 3.8) is 0 Å². The summed E-state index contributed by atoms with van der Waals surface area (Å²) in [5, 5.41) is 9.19. The van der Waals surface area contributed by atoms with Crippen LogP contribution in [0.3, 0.4) is 0 Å². The number of alkyl halides is 3. The van der Waals surface area contributed by atoms with Crippen molar-refractivity contribution in [1.29, 1.82) is 0 Å². The number of carbonyl (C=O) groups excluding carboxylic acids is 1. The van der Waals surface area contributed by atoms with Gasteiger partial charge in [-0.3, -0.25) is 4.90 Å². The Morgan fingerprint density at radius 3 is 2.38 bits per heavy atom. The Kier molecular flexibility index (Phi) is 9.58. The molecule has 1 aromatic carbocycles. The van der Waals surface area contributed by atoms with Gasteiger partial charge in [0.15, 0.2) is 0 Å². The highest BCUT2D eigenvalue weighted by atomic mass is 32.1. The molecule has 3 rings (SSSR count). The van der Waals surface area contributed by atoms with Crippen LogP contribution >= 0.6 is 11.3 Å². The normalized spacial score (nSPS) is 19.4. The highest BCUT2D eigenvalue weighted by Crippen LogP contribution is 2.45. The Hall–Kier alpha value is -2.40. The van der Waals surface area contributed by atoms with E-state index in [0.29, 0.717) is 16.4 Å². The second-order valence-corrected chi connectivity index (χ2v) is 12.5. The minimum absolute atomic E-state index is 0.132. The zero-order chi connectivity index (χ0) is 29.1. The Balaban J connectivity index is 1.83. The lowest BCUT2D eigenvalue weighted by Crippen LogP contribution is -2.54. The van der Waals surface area contributed by atoms with E-state index in [1.807, 2.05) is 0 Å². The number of hydrogen-bond donors (Lipinski definition) is 0. The van der Waals surface area contributed by atoms with Crippen molar-refractivity contribution in [2.75, 3.05) is 13.2 Å². The summed E-state index contributed by atoms with van der Waals surface area (Å²) in [6.45, 7) is 13.1. The fraction of sp³-hybridized carbons (Fsp3) is 0.679. The third-order valence-electron chi connectivity index (χ3n) is 6.49. The molecule has 1 fully saturated rings. The van der Waals surface area contributed by atoms with Gasteiger partial charge in [-0.25, -0.2) is 4.79 Å². The summed E-state index contributed by atoms with van der Waals surface area (Å²) in [6, 6.07) is 3.94. The van der Waals surface area contributed by atoms with Gasteiger partial charge in [0.05, 0.1) is 18.8 Å². The molecule has 0 saturated carbocycles. The molecule has 1 aromatic heterocycles. The van der Waals surface area contributed by atoms with Crippen LogP contribution in [0.15, 0.2) is 18.2 Å². The minimum atomic E-state index is -4.59. The number of aromatic nitrogens is 2. The van der Waals surface area contributed by atoms with Crippen LogP contribution in [0.5, 0.6) is 5.75 Å². The molecule has 0 spiro atoms. The van der Waals surface area contributed by atoms with E-state index in [2.05, 4.69) is 17.1 Å². The number of hydrogen-bond acceptors (Lipinski definition) is 7. The molecule has 2 heterocycles. The van der Waals surface area contributed by atoms with E-state index in [-0.39, 0.29) is 24.5 Å². The molecule has 1 atom stereocenters. The Labute approximate surface area is 233 Å². The molecule has 39 heavy (non-hydrogen) atoms. The maximum Gasteiger partial charge on any atom is 0.419 e. The molecule has 0 N–H and O–H groups in total. The van der Waals surface area contributed by atoms with Crippen molar-refractivity contribution >= 4 is 17.4 Å². The third kappa shape index (κ3) is 7.63. The van der Waals surface area contributed by atoms with Gasteiger partial charge in [0.1, 0.15) is 32.6 Å². The largest absolute Gasteiger partial charge is 0.493 e. The lowest BCUT2D eigenvalue weighted by molar-refractivity contribution is -0.138. The Bertz CT molecular complexity index is 1130. The molecule has 1 amide bonds. The van der Waals surface area contributed by atoms with Crippen LogP contribution in [0, 0.1) is 0 Å². The SMILES string of the molecule is CCCCCCCCOc1ccc(-c2nnc([C@@]3(C)COC(C)(C)N3C(=O)OC(C)(C)C)s2)cc1C(F)(F)F. The molecule has 0 aliphatic carbocycles. The number of halogens is 3. The van der Waals surface area contributed by atoms with Crippen molar-refractivity contribution in [2.24, 2.45) is 0 Å². The number of benzene rings is 1. The molecule has 1 saturated heterocycles. The maximum absolute atomic E-state index is 13.9. The summed E-state index contributed by atoms with van der Waals surface area (Å²) in [4.78, 5) is 14.6. The first-order chi connectivity index (χ1) is 18.1. The summed E-state index contributed by atoms with van der Waals surface area (Å²) in [5.74, 6) is -0.196. The van der Waals surface area contributed by atoms with E-state index in [0.717, 1.165) is 49.5 Å². The molecule has 0 unspecified atom stereocenters. The van der Waals surface area contributed by atoms with Crippen LogP contribution in [0.25, 0.3) is 10.6 Å². The van der Waals surface area contributed by atoms with Crippen LogP contribution in [0.1, 0.15) is 97.6 Å². The summed E-state index contributed by atoms with van der Waals surface area (Å²) >= 11 is 1.12. The number of nitrogens with zero attached hydrogens (tertiary/aromatic N) is 3. The lowest BCUT2D eigenvalue weighted by atomic mass is 10.0. The van der Waals surface area contributed by atoms with Gasteiger partial charge in [0.25, 0.3) is 0 Å². The van der Waals surface area contributed by atoms with E-state index < -0.39 is 34.7 Å². The van der Waals surface area contributed by atoms with Gasteiger partial charge in [-0.05, 0) is 66.2 Å². The van der Waals surface area contributed by atoms with Crippen LogP contribution in [-0.4, -0.2) is 45.7 Å².